The highest BCUT2D eigenvalue weighted by Gasteiger charge is 2.22. The van der Waals surface area contributed by atoms with Gasteiger partial charge in [-0.3, -0.25) is 0 Å². The third-order valence-corrected chi connectivity index (χ3v) is 3.61. The van der Waals surface area contributed by atoms with Gasteiger partial charge in [0.1, 0.15) is 5.75 Å². The first-order valence-electron chi connectivity index (χ1n) is 7.25. The van der Waals surface area contributed by atoms with E-state index in [9.17, 15) is 5.11 Å². The van der Waals surface area contributed by atoms with Crippen molar-refractivity contribution in [3.63, 3.8) is 0 Å². The van der Waals surface area contributed by atoms with Crippen LogP contribution in [0.25, 0.3) is 0 Å². The minimum absolute atomic E-state index is 0.0437. The fourth-order valence-corrected chi connectivity index (χ4v) is 2.45. The zero-order valence-electron chi connectivity index (χ0n) is 12.1. The summed E-state index contributed by atoms with van der Waals surface area (Å²) in [5.74, 6) is 0.767. The van der Waals surface area contributed by atoms with Crippen LogP contribution in [0.4, 0.5) is 0 Å². The molecule has 3 nitrogen and oxygen atoms in total. The van der Waals surface area contributed by atoms with Gasteiger partial charge in [-0.2, -0.15) is 0 Å². The molecule has 0 saturated heterocycles. The Bertz CT molecular complexity index is 354. The van der Waals surface area contributed by atoms with E-state index in [4.69, 9.17) is 10.5 Å². The number of para-hydroxylation sites is 1. The number of aliphatic hydroxyl groups is 1. The van der Waals surface area contributed by atoms with E-state index in [1.54, 1.807) is 7.11 Å². The number of benzene rings is 1. The summed E-state index contributed by atoms with van der Waals surface area (Å²) in [4.78, 5) is 0. The van der Waals surface area contributed by atoms with Crippen molar-refractivity contribution in [1.29, 1.82) is 0 Å². The van der Waals surface area contributed by atoms with Gasteiger partial charge in [0.25, 0.3) is 0 Å². The van der Waals surface area contributed by atoms with E-state index in [0.717, 1.165) is 24.2 Å². The van der Waals surface area contributed by atoms with Gasteiger partial charge in [0.15, 0.2) is 0 Å². The zero-order chi connectivity index (χ0) is 14.1. The van der Waals surface area contributed by atoms with Crippen LogP contribution in [0.1, 0.15) is 50.5 Å². The smallest absolute Gasteiger partial charge is 0.122 e. The molecular formula is C16H27NO2. The monoisotopic (exact) mass is 265 g/mol. The normalized spacial score (nSPS) is 14.1. The Morgan fingerprint density at radius 1 is 1.21 bits per heavy atom. The van der Waals surface area contributed by atoms with Crippen LogP contribution in [0.5, 0.6) is 5.75 Å². The van der Waals surface area contributed by atoms with Crippen molar-refractivity contribution in [3.8, 4) is 5.75 Å². The Hall–Kier alpha value is -1.06. The van der Waals surface area contributed by atoms with Crippen molar-refractivity contribution in [2.24, 2.45) is 5.73 Å². The second kappa shape index (κ2) is 8.94. The molecule has 1 aromatic rings. The van der Waals surface area contributed by atoms with E-state index in [1.165, 1.54) is 19.3 Å². The van der Waals surface area contributed by atoms with E-state index in [-0.39, 0.29) is 5.92 Å². The molecule has 0 fully saturated rings. The maximum Gasteiger partial charge on any atom is 0.122 e. The lowest BCUT2D eigenvalue weighted by Gasteiger charge is -2.23. The van der Waals surface area contributed by atoms with Crippen LogP contribution in [-0.4, -0.2) is 24.9 Å². The summed E-state index contributed by atoms with van der Waals surface area (Å²) in [6.07, 6.45) is 5.09. The lowest BCUT2D eigenvalue weighted by atomic mass is 9.89. The summed E-state index contributed by atoms with van der Waals surface area (Å²) < 4.78 is 5.35. The third-order valence-electron chi connectivity index (χ3n) is 3.61. The van der Waals surface area contributed by atoms with Crippen molar-refractivity contribution in [3.05, 3.63) is 29.8 Å². The summed E-state index contributed by atoms with van der Waals surface area (Å²) in [7, 11) is 1.65. The van der Waals surface area contributed by atoms with Gasteiger partial charge in [0.05, 0.1) is 13.2 Å². The van der Waals surface area contributed by atoms with Gasteiger partial charge in [-0.1, -0.05) is 50.8 Å². The predicted octanol–water partition coefficient (Wildman–Crippen LogP) is 3.07. The SMILES string of the molecule is CCCCCCC(O)C(CN)c1ccccc1OC. The average molecular weight is 265 g/mol. The minimum Gasteiger partial charge on any atom is -0.496 e. The molecule has 0 spiro atoms. The van der Waals surface area contributed by atoms with Crippen molar-refractivity contribution in [2.45, 2.75) is 51.0 Å². The first-order chi connectivity index (χ1) is 9.24. The Labute approximate surface area is 116 Å². The number of nitrogens with two attached hydrogens (primary N) is 1. The van der Waals surface area contributed by atoms with Gasteiger partial charge >= 0.3 is 0 Å². The fraction of sp³-hybridized carbons (Fsp3) is 0.625. The van der Waals surface area contributed by atoms with Crippen molar-refractivity contribution >= 4 is 0 Å². The highest BCUT2D eigenvalue weighted by Crippen LogP contribution is 2.30. The summed E-state index contributed by atoms with van der Waals surface area (Å²) in [5.41, 5.74) is 6.85. The summed E-state index contributed by atoms with van der Waals surface area (Å²) in [6.45, 7) is 2.63. The summed E-state index contributed by atoms with van der Waals surface area (Å²) in [5, 5.41) is 10.3. The lowest BCUT2D eigenvalue weighted by Crippen LogP contribution is -2.26. The number of aliphatic hydroxyl groups excluding tert-OH is 1. The van der Waals surface area contributed by atoms with Crippen LogP contribution in [0.15, 0.2) is 24.3 Å². The van der Waals surface area contributed by atoms with Crippen LogP contribution in [-0.2, 0) is 0 Å². The molecule has 108 valence electrons. The molecule has 0 heterocycles. The molecule has 1 rings (SSSR count). The van der Waals surface area contributed by atoms with Gasteiger partial charge in [0.2, 0.25) is 0 Å². The molecule has 2 atom stereocenters. The Kier molecular flexibility index (Phi) is 7.53. The number of rotatable bonds is 9. The molecule has 0 saturated carbocycles. The van der Waals surface area contributed by atoms with Crippen LogP contribution in [0.3, 0.4) is 0 Å². The summed E-state index contributed by atoms with van der Waals surface area (Å²) >= 11 is 0. The van der Waals surface area contributed by atoms with Crippen LogP contribution < -0.4 is 10.5 Å². The van der Waals surface area contributed by atoms with Gasteiger partial charge in [-0.25, -0.2) is 0 Å². The van der Waals surface area contributed by atoms with E-state index in [1.807, 2.05) is 24.3 Å². The molecule has 0 aromatic heterocycles. The molecule has 0 aliphatic rings. The molecule has 2 unspecified atom stereocenters. The molecule has 0 bridgehead atoms. The first-order valence-corrected chi connectivity index (χ1v) is 7.25. The lowest BCUT2D eigenvalue weighted by molar-refractivity contribution is 0.131. The largest absolute Gasteiger partial charge is 0.496 e. The molecular weight excluding hydrogens is 238 g/mol. The first kappa shape index (κ1) is 16.0. The number of methoxy groups -OCH3 is 1. The van der Waals surface area contributed by atoms with E-state index in [0.29, 0.717) is 6.54 Å². The Morgan fingerprint density at radius 2 is 1.95 bits per heavy atom. The molecule has 0 radical (unpaired) electrons. The molecule has 3 N–H and O–H groups in total. The molecule has 19 heavy (non-hydrogen) atoms. The molecule has 3 heteroatoms. The number of hydrogen-bond donors (Lipinski definition) is 2. The second-order valence-corrected chi connectivity index (χ2v) is 5.00. The van der Waals surface area contributed by atoms with E-state index in [2.05, 4.69) is 6.92 Å². The quantitative estimate of drug-likeness (QED) is 0.675. The van der Waals surface area contributed by atoms with Gasteiger partial charge in [-0.05, 0) is 12.5 Å². The van der Waals surface area contributed by atoms with E-state index >= 15 is 0 Å². The molecule has 1 aromatic carbocycles. The van der Waals surface area contributed by atoms with Gasteiger partial charge in [-0.15, -0.1) is 0 Å². The van der Waals surface area contributed by atoms with Crippen LogP contribution in [0, 0.1) is 0 Å². The predicted molar refractivity (Wildman–Crippen MR) is 79.6 cm³/mol. The number of hydrogen-bond acceptors (Lipinski definition) is 3. The van der Waals surface area contributed by atoms with Crippen LogP contribution in [0.2, 0.25) is 0 Å². The van der Waals surface area contributed by atoms with Gasteiger partial charge < -0.3 is 15.6 Å². The standard InChI is InChI=1S/C16H27NO2/c1-3-4-5-6-10-15(18)14(12-17)13-9-7-8-11-16(13)19-2/h7-9,11,14-15,18H,3-6,10,12,17H2,1-2H3. The second-order valence-electron chi connectivity index (χ2n) is 5.00. The number of unbranched alkanes of at least 4 members (excludes halogenated alkanes) is 3. The molecule has 0 amide bonds. The number of ether oxygens (including phenoxy) is 1. The van der Waals surface area contributed by atoms with Crippen molar-refractivity contribution in [1.82, 2.24) is 0 Å². The zero-order valence-corrected chi connectivity index (χ0v) is 12.1. The summed E-state index contributed by atoms with van der Waals surface area (Å²) in [6, 6.07) is 7.81. The van der Waals surface area contributed by atoms with E-state index < -0.39 is 6.10 Å². The van der Waals surface area contributed by atoms with Crippen LogP contribution >= 0.6 is 0 Å². The Morgan fingerprint density at radius 3 is 2.58 bits per heavy atom. The fourth-order valence-electron chi connectivity index (χ4n) is 2.45. The molecule has 0 aliphatic carbocycles. The topological polar surface area (TPSA) is 55.5 Å². The average Bonchev–Trinajstić information content (AvgIpc) is 2.45. The highest BCUT2D eigenvalue weighted by atomic mass is 16.5. The van der Waals surface area contributed by atoms with Crippen molar-refractivity contribution in [2.75, 3.05) is 13.7 Å². The van der Waals surface area contributed by atoms with Crippen molar-refractivity contribution < 1.29 is 9.84 Å². The molecule has 0 aliphatic heterocycles. The maximum atomic E-state index is 10.3. The third kappa shape index (κ3) is 4.84. The maximum absolute atomic E-state index is 10.3. The Balaban J connectivity index is 2.65. The minimum atomic E-state index is -0.391. The highest BCUT2D eigenvalue weighted by molar-refractivity contribution is 5.37. The van der Waals surface area contributed by atoms with Gasteiger partial charge in [0, 0.05) is 18.0 Å².